The first-order valence-electron chi connectivity index (χ1n) is 9.17. The van der Waals surface area contributed by atoms with Crippen LogP contribution in [-0.2, 0) is 11.3 Å². The van der Waals surface area contributed by atoms with Gasteiger partial charge in [0.25, 0.3) is 5.91 Å². The average Bonchev–Trinajstić information content (AvgIpc) is 2.67. The van der Waals surface area contributed by atoms with E-state index in [1.165, 1.54) is 5.56 Å². The molecule has 0 radical (unpaired) electrons. The number of carbonyl (C=O) groups is 1. The second-order valence-corrected chi connectivity index (χ2v) is 7.25. The molecular formula is C21H25ClN4O. The molecule has 1 heterocycles. The van der Waals surface area contributed by atoms with Crippen LogP contribution >= 0.6 is 11.6 Å². The first kappa shape index (κ1) is 19.5. The van der Waals surface area contributed by atoms with E-state index >= 15 is 0 Å². The Bertz CT molecular complexity index is 783. The molecule has 3 rings (SSSR count). The highest BCUT2D eigenvalue weighted by Gasteiger charge is 2.19. The minimum atomic E-state index is -0.0853. The number of amides is 1. The van der Waals surface area contributed by atoms with Gasteiger partial charge in [0, 0.05) is 37.7 Å². The van der Waals surface area contributed by atoms with Crippen LogP contribution in [-0.4, -0.2) is 54.6 Å². The first-order chi connectivity index (χ1) is 13.1. The molecule has 1 fully saturated rings. The fourth-order valence-electron chi connectivity index (χ4n) is 3.04. The molecule has 1 amide bonds. The lowest BCUT2D eigenvalue weighted by Gasteiger charge is -2.34. The van der Waals surface area contributed by atoms with Crippen LogP contribution < -0.4 is 5.43 Å². The molecule has 27 heavy (non-hydrogen) atoms. The summed E-state index contributed by atoms with van der Waals surface area (Å²) in [6, 6.07) is 15.9. The van der Waals surface area contributed by atoms with Gasteiger partial charge in [0.2, 0.25) is 0 Å². The van der Waals surface area contributed by atoms with Crippen molar-refractivity contribution in [1.29, 1.82) is 0 Å². The quantitative estimate of drug-likeness (QED) is 0.615. The van der Waals surface area contributed by atoms with Crippen LogP contribution in [0.5, 0.6) is 0 Å². The Hall–Kier alpha value is -2.21. The smallest absolute Gasteiger partial charge is 0.254 e. The van der Waals surface area contributed by atoms with Gasteiger partial charge < -0.3 is 0 Å². The fraction of sp³-hybridized carbons (Fsp3) is 0.333. The van der Waals surface area contributed by atoms with Gasteiger partial charge in [-0.25, -0.2) is 5.43 Å². The van der Waals surface area contributed by atoms with Crippen molar-refractivity contribution in [2.24, 2.45) is 5.10 Å². The molecule has 0 bridgehead atoms. The molecule has 1 aliphatic rings. The SMILES string of the molecule is Cc1ccc(/C=N/NC(=O)CN2CCN(Cc3ccccc3Cl)CC2)cc1. The Morgan fingerprint density at radius 2 is 1.74 bits per heavy atom. The Kier molecular flexibility index (Phi) is 6.98. The number of nitrogens with one attached hydrogen (secondary N) is 1. The van der Waals surface area contributed by atoms with E-state index in [4.69, 9.17) is 11.6 Å². The zero-order valence-corrected chi connectivity index (χ0v) is 16.3. The lowest BCUT2D eigenvalue weighted by atomic mass is 10.2. The average molecular weight is 385 g/mol. The summed E-state index contributed by atoms with van der Waals surface area (Å²) >= 11 is 6.24. The molecule has 0 aromatic heterocycles. The number of benzene rings is 2. The third-order valence-corrected chi connectivity index (χ3v) is 5.03. The molecule has 5 nitrogen and oxygen atoms in total. The largest absolute Gasteiger partial charge is 0.296 e. The summed E-state index contributed by atoms with van der Waals surface area (Å²) in [7, 11) is 0. The van der Waals surface area contributed by atoms with Crippen LogP contribution in [0.2, 0.25) is 5.02 Å². The summed E-state index contributed by atoms with van der Waals surface area (Å²) in [5, 5.41) is 4.85. The van der Waals surface area contributed by atoms with Gasteiger partial charge in [-0.1, -0.05) is 59.6 Å². The number of hydrazone groups is 1. The van der Waals surface area contributed by atoms with Gasteiger partial charge >= 0.3 is 0 Å². The highest BCUT2D eigenvalue weighted by atomic mass is 35.5. The summed E-state index contributed by atoms with van der Waals surface area (Å²) in [6.07, 6.45) is 1.67. The molecule has 2 aromatic carbocycles. The number of rotatable bonds is 6. The number of nitrogens with zero attached hydrogens (tertiary/aromatic N) is 3. The third kappa shape index (κ3) is 6.17. The molecule has 6 heteroatoms. The molecule has 0 atom stereocenters. The molecular weight excluding hydrogens is 360 g/mol. The number of aryl methyl sites for hydroxylation is 1. The fourth-order valence-corrected chi connectivity index (χ4v) is 3.24. The van der Waals surface area contributed by atoms with Crippen molar-refractivity contribution in [1.82, 2.24) is 15.2 Å². The van der Waals surface area contributed by atoms with Gasteiger partial charge in [0.05, 0.1) is 12.8 Å². The van der Waals surface area contributed by atoms with Crippen molar-refractivity contribution in [2.75, 3.05) is 32.7 Å². The van der Waals surface area contributed by atoms with Crippen molar-refractivity contribution >= 4 is 23.7 Å². The molecule has 142 valence electrons. The van der Waals surface area contributed by atoms with E-state index in [0.29, 0.717) is 6.54 Å². The van der Waals surface area contributed by atoms with Crippen LogP contribution in [0.4, 0.5) is 0 Å². The Balaban J connectivity index is 1.39. The predicted molar refractivity (Wildman–Crippen MR) is 110 cm³/mol. The summed E-state index contributed by atoms with van der Waals surface area (Å²) < 4.78 is 0. The maximum absolute atomic E-state index is 12.1. The van der Waals surface area contributed by atoms with Gasteiger partial charge in [0.1, 0.15) is 0 Å². The van der Waals surface area contributed by atoms with Gasteiger partial charge in [-0.2, -0.15) is 5.10 Å². The van der Waals surface area contributed by atoms with Crippen LogP contribution in [0, 0.1) is 6.92 Å². The second kappa shape index (κ2) is 9.65. The van der Waals surface area contributed by atoms with Gasteiger partial charge in [0.15, 0.2) is 0 Å². The molecule has 0 saturated carbocycles. The number of piperazine rings is 1. The predicted octanol–water partition coefficient (Wildman–Crippen LogP) is 2.92. The minimum absolute atomic E-state index is 0.0853. The van der Waals surface area contributed by atoms with Crippen LogP contribution in [0.25, 0.3) is 0 Å². The van der Waals surface area contributed by atoms with E-state index in [-0.39, 0.29) is 5.91 Å². The van der Waals surface area contributed by atoms with Crippen molar-refractivity contribution in [3.05, 3.63) is 70.2 Å². The topological polar surface area (TPSA) is 47.9 Å². The minimum Gasteiger partial charge on any atom is -0.296 e. The second-order valence-electron chi connectivity index (χ2n) is 6.85. The molecule has 1 N–H and O–H groups in total. The molecule has 0 unspecified atom stereocenters. The monoisotopic (exact) mass is 384 g/mol. The highest BCUT2D eigenvalue weighted by molar-refractivity contribution is 6.31. The van der Waals surface area contributed by atoms with Crippen LogP contribution in [0.15, 0.2) is 53.6 Å². The Morgan fingerprint density at radius 1 is 1.07 bits per heavy atom. The van der Waals surface area contributed by atoms with E-state index in [1.807, 2.05) is 49.4 Å². The number of hydrogen-bond acceptors (Lipinski definition) is 4. The maximum atomic E-state index is 12.1. The van der Waals surface area contributed by atoms with Crippen molar-refractivity contribution in [2.45, 2.75) is 13.5 Å². The van der Waals surface area contributed by atoms with Gasteiger partial charge in [-0.3, -0.25) is 14.6 Å². The van der Waals surface area contributed by atoms with E-state index in [9.17, 15) is 4.79 Å². The lowest BCUT2D eigenvalue weighted by Crippen LogP contribution is -2.48. The molecule has 1 saturated heterocycles. The summed E-state index contributed by atoms with van der Waals surface area (Å²) in [6.45, 7) is 6.82. The summed E-state index contributed by atoms with van der Waals surface area (Å²) in [4.78, 5) is 16.6. The van der Waals surface area contributed by atoms with Crippen molar-refractivity contribution < 1.29 is 4.79 Å². The summed E-state index contributed by atoms with van der Waals surface area (Å²) in [5.74, 6) is -0.0853. The number of carbonyl (C=O) groups excluding carboxylic acids is 1. The molecule has 2 aromatic rings. The van der Waals surface area contributed by atoms with Crippen molar-refractivity contribution in [3.63, 3.8) is 0 Å². The first-order valence-corrected chi connectivity index (χ1v) is 9.54. The van der Waals surface area contributed by atoms with E-state index in [1.54, 1.807) is 6.21 Å². The molecule has 0 spiro atoms. The third-order valence-electron chi connectivity index (χ3n) is 4.66. The van der Waals surface area contributed by atoms with E-state index in [0.717, 1.165) is 48.9 Å². The van der Waals surface area contributed by atoms with Gasteiger partial charge in [-0.15, -0.1) is 0 Å². The zero-order valence-electron chi connectivity index (χ0n) is 15.6. The Labute approximate surface area is 165 Å². The van der Waals surface area contributed by atoms with E-state index in [2.05, 4.69) is 26.4 Å². The molecule has 0 aliphatic carbocycles. The lowest BCUT2D eigenvalue weighted by molar-refractivity contribution is -0.122. The number of hydrogen-bond donors (Lipinski definition) is 1. The van der Waals surface area contributed by atoms with Crippen molar-refractivity contribution in [3.8, 4) is 0 Å². The highest BCUT2D eigenvalue weighted by Crippen LogP contribution is 2.17. The summed E-state index contributed by atoms with van der Waals surface area (Å²) in [5.41, 5.74) is 5.92. The maximum Gasteiger partial charge on any atom is 0.254 e. The molecule has 1 aliphatic heterocycles. The van der Waals surface area contributed by atoms with Crippen LogP contribution in [0.3, 0.4) is 0 Å². The van der Waals surface area contributed by atoms with E-state index < -0.39 is 0 Å². The van der Waals surface area contributed by atoms with Gasteiger partial charge in [-0.05, 0) is 24.1 Å². The zero-order chi connectivity index (χ0) is 19.1. The Morgan fingerprint density at radius 3 is 2.44 bits per heavy atom. The van der Waals surface area contributed by atoms with Crippen LogP contribution in [0.1, 0.15) is 16.7 Å². The normalized spacial score (nSPS) is 15.9. The standard InChI is InChI=1S/C21H25ClN4O/c1-17-6-8-18(9-7-17)14-23-24-21(27)16-26-12-10-25(11-13-26)15-19-4-2-3-5-20(19)22/h2-9,14H,10-13,15-16H2,1H3,(H,24,27)/b23-14+. The number of halogens is 1.